The minimum absolute atomic E-state index is 0.0543. The summed E-state index contributed by atoms with van der Waals surface area (Å²) < 4.78 is 0. The number of pyridine rings is 1. The second-order valence-electron chi connectivity index (χ2n) is 7.70. The molecule has 0 aliphatic carbocycles. The van der Waals surface area contributed by atoms with E-state index in [4.69, 9.17) is 5.11 Å². The van der Waals surface area contributed by atoms with Crippen molar-refractivity contribution in [1.29, 1.82) is 0 Å². The van der Waals surface area contributed by atoms with Crippen molar-refractivity contribution in [2.75, 3.05) is 19.6 Å². The molecule has 1 aliphatic heterocycles. The zero-order valence-electron chi connectivity index (χ0n) is 16.7. The summed E-state index contributed by atoms with van der Waals surface area (Å²) in [6.45, 7) is 2.05. The number of aromatic carboxylic acids is 1. The van der Waals surface area contributed by atoms with Gasteiger partial charge in [0, 0.05) is 32.3 Å². The molecule has 1 atom stereocenters. The van der Waals surface area contributed by atoms with E-state index >= 15 is 0 Å². The molecule has 0 bridgehead atoms. The highest BCUT2D eigenvalue weighted by molar-refractivity contribution is 5.87. The maximum Gasteiger partial charge on any atom is 0.335 e. The number of nitrogens with zero attached hydrogens (tertiary/aromatic N) is 3. The summed E-state index contributed by atoms with van der Waals surface area (Å²) in [5, 5.41) is 12.1. The predicted molar refractivity (Wildman–Crippen MR) is 112 cm³/mol. The van der Waals surface area contributed by atoms with Gasteiger partial charge in [-0.1, -0.05) is 12.1 Å². The average Bonchev–Trinajstić information content (AvgIpc) is 3.16. The van der Waals surface area contributed by atoms with Crippen molar-refractivity contribution in [2.45, 2.75) is 25.8 Å². The number of amides is 1. The monoisotopic (exact) mass is 407 g/mol. The molecular weight excluding hydrogens is 382 g/mol. The fourth-order valence-electron chi connectivity index (χ4n) is 3.95. The number of hydrogen-bond acceptors (Lipinski definition) is 5. The summed E-state index contributed by atoms with van der Waals surface area (Å²) >= 11 is 0. The van der Waals surface area contributed by atoms with Crippen LogP contribution in [0, 0.1) is 5.92 Å². The standard InChI is InChI=1S/C22H25N5O3/c28-21(13-23-12-17-11-16(22(29)30)7-8-24-17)27-9-3-4-15(14-27)10-20-25-18-5-1-2-6-19(18)26-20/h1-2,5-8,11,15,23H,3-4,9-10,12-14H2,(H,25,26)(H,29,30). The molecule has 156 valence electrons. The van der Waals surface area contributed by atoms with Gasteiger partial charge in [-0.3, -0.25) is 9.78 Å². The molecular formula is C22H25N5O3. The lowest BCUT2D eigenvalue weighted by atomic mass is 9.94. The Morgan fingerprint density at radius 2 is 2.13 bits per heavy atom. The Kier molecular flexibility index (Phi) is 6.04. The lowest BCUT2D eigenvalue weighted by Gasteiger charge is -2.32. The van der Waals surface area contributed by atoms with Crippen LogP contribution in [0.15, 0.2) is 42.6 Å². The van der Waals surface area contributed by atoms with E-state index in [0.29, 0.717) is 18.2 Å². The van der Waals surface area contributed by atoms with Gasteiger partial charge < -0.3 is 20.3 Å². The number of carbonyl (C=O) groups excluding carboxylic acids is 1. The van der Waals surface area contributed by atoms with Gasteiger partial charge in [0.2, 0.25) is 5.91 Å². The van der Waals surface area contributed by atoms with E-state index in [9.17, 15) is 9.59 Å². The van der Waals surface area contributed by atoms with Crippen LogP contribution in [-0.4, -0.2) is 56.5 Å². The highest BCUT2D eigenvalue weighted by atomic mass is 16.4. The molecule has 0 radical (unpaired) electrons. The van der Waals surface area contributed by atoms with Crippen LogP contribution in [-0.2, 0) is 17.8 Å². The number of piperidine rings is 1. The van der Waals surface area contributed by atoms with Gasteiger partial charge in [0.05, 0.1) is 28.8 Å². The molecule has 1 saturated heterocycles. The highest BCUT2D eigenvalue weighted by Crippen LogP contribution is 2.21. The zero-order valence-corrected chi connectivity index (χ0v) is 16.7. The minimum Gasteiger partial charge on any atom is -0.478 e. The first-order chi connectivity index (χ1) is 14.6. The summed E-state index contributed by atoms with van der Waals surface area (Å²) in [6.07, 6.45) is 4.37. The van der Waals surface area contributed by atoms with E-state index in [-0.39, 0.29) is 18.0 Å². The van der Waals surface area contributed by atoms with Gasteiger partial charge >= 0.3 is 5.97 Å². The van der Waals surface area contributed by atoms with E-state index < -0.39 is 5.97 Å². The Morgan fingerprint density at radius 1 is 1.27 bits per heavy atom. The lowest BCUT2D eigenvalue weighted by molar-refractivity contribution is -0.132. The van der Waals surface area contributed by atoms with Crippen molar-refractivity contribution in [2.24, 2.45) is 5.92 Å². The first-order valence-corrected chi connectivity index (χ1v) is 10.2. The van der Waals surface area contributed by atoms with Crippen LogP contribution in [0.1, 0.15) is 34.7 Å². The number of carbonyl (C=O) groups is 2. The van der Waals surface area contributed by atoms with Gasteiger partial charge in [-0.2, -0.15) is 0 Å². The number of carboxylic acid groups (broad SMARTS) is 1. The number of likely N-dealkylation sites (tertiary alicyclic amines) is 1. The second kappa shape index (κ2) is 9.04. The third-order valence-electron chi connectivity index (χ3n) is 5.44. The van der Waals surface area contributed by atoms with E-state index in [0.717, 1.165) is 49.2 Å². The number of fused-ring (bicyclic) bond motifs is 1. The Labute approximate surface area is 174 Å². The molecule has 3 heterocycles. The van der Waals surface area contributed by atoms with E-state index in [2.05, 4.69) is 20.3 Å². The third kappa shape index (κ3) is 4.83. The van der Waals surface area contributed by atoms with Crippen molar-refractivity contribution in [3.05, 3.63) is 59.7 Å². The van der Waals surface area contributed by atoms with Crippen LogP contribution in [0.5, 0.6) is 0 Å². The number of aromatic amines is 1. The van der Waals surface area contributed by atoms with E-state index in [1.165, 1.54) is 18.3 Å². The largest absolute Gasteiger partial charge is 0.478 e. The highest BCUT2D eigenvalue weighted by Gasteiger charge is 2.24. The molecule has 0 saturated carbocycles. The number of para-hydroxylation sites is 2. The molecule has 8 heteroatoms. The quantitative estimate of drug-likeness (QED) is 0.554. The van der Waals surface area contributed by atoms with Crippen LogP contribution >= 0.6 is 0 Å². The maximum atomic E-state index is 12.6. The van der Waals surface area contributed by atoms with Crippen LogP contribution in [0.25, 0.3) is 11.0 Å². The molecule has 3 aromatic rings. The normalized spacial score (nSPS) is 16.7. The molecule has 1 amide bonds. The molecule has 1 aromatic carbocycles. The number of nitrogens with one attached hydrogen (secondary N) is 2. The van der Waals surface area contributed by atoms with Crippen molar-refractivity contribution in [1.82, 2.24) is 25.2 Å². The molecule has 0 spiro atoms. The average molecular weight is 407 g/mol. The minimum atomic E-state index is -0.987. The Morgan fingerprint density at radius 3 is 2.97 bits per heavy atom. The third-order valence-corrected chi connectivity index (χ3v) is 5.44. The first-order valence-electron chi connectivity index (χ1n) is 10.2. The Bertz CT molecular complexity index is 1010. The van der Waals surface area contributed by atoms with Crippen LogP contribution < -0.4 is 5.32 Å². The summed E-state index contributed by atoms with van der Waals surface area (Å²) in [5.74, 6) is 0.424. The van der Waals surface area contributed by atoms with Gasteiger partial charge in [0.25, 0.3) is 0 Å². The zero-order chi connectivity index (χ0) is 20.9. The SMILES string of the molecule is O=C(O)c1ccnc(CNCC(=O)N2CCCC(Cc3nc4ccccc4[nH]3)C2)c1. The molecule has 2 aromatic heterocycles. The summed E-state index contributed by atoms with van der Waals surface area (Å²) in [7, 11) is 0. The first kappa shape index (κ1) is 20.0. The number of hydrogen-bond donors (Lipinski definition) is 3. The van der Waals surface area contributed by atoms with E-state index in [1.54, 1.807) is 0 Å². The van der Waals surface area contributed by atoms with Gasteiger partial charge in [-0.05, 0) is 43.0 Å². The number of benzene rings is 1. The molecule has 3 N–H and O–H groups in total. The number of carboxylic acids is 1. The van der Waals surface area contributed by atoms with Gasteiger partial charge in [0.1, 0.15) is 5.82 Å². The topological polar surface area (TPSA) is 111 Å². The Balaban J connectivity index is 1.28. The number of H-pyrrole nitrogens is 1. The molecule has 4 rings (SSSR count). The van der Waals surface area contributed by atoms with Crippen LogP contribution in [0.3, 0.4) is 0 Å². The van der Waals surface area contributed by atoms with Crippen molar-refractivity contribution < 1.29 is 14.7 Å². The number of imidazole rings is 1. The fraction of sp³-hybridized carbons (Fsp3) is 0.364. The second-order valence-corrected chi connectivity index (χ2v) is 7.70. The number of rotatable bonds is 7. The Hall–Kier alpha value is -3.26. The summed E-state index contributed by atoms with van der Waals surface area (Å²) in [4.78, 5) is 37.8. The molecule has 1 aliphatic rings. The van der Waals surface area contributed by atoms with Crippen molar-refractivity contribution in [3.8, 4) is 0 Å². The van der Waals surface area contributed by atoms with Crippen molar-refractivity contribution in [3.63, 3.8) is 0 Å². The summed E-state index contributed by atoms with van der Waals surface area (Å²) in [6, 6.07) is 11.0. The molecule has 8 nitrogen and oxygen atoms in total. The van der Waals surface area contributed by atoms with Crippen molar-refractivity contribution >= 4 is 22.9 Å². The van der Waals surface area contributed by atoms with Gasteiger partial charge in [-0.25, -0.2) is 9.78 Å². The maximum absolute atomic E-state index is 12.6. The van der Waals surface area contributed by atoms with Crippen LogP contribution in [0.2, 0.25) is 0 Å². The van der Waals surface area contributed by atoms with Gasteiger partial charge in [0.15, 0.2) is 0 Å². The van der Waals surface area contributed by atoms with Gasteiger partial charge in [-0.15, -0.1) is 0 Å². The molecule has 1 unspecified atom stereocenters. The molecule has 30 heavy (non-hydrogen) atoms. The van der Waals surface area contributed by atoms with Crippen LogP contribution in [0.4, 0.5) is 0 Å². The smallest absolute Gasteiger partial charge is 0.335 e. The fourth-order valence-corrected chi connectivity index (χ4v) is 3.95. The molecule has 1 fully saturated rings. The predicted octanol–water partition coefficient (Wildman–Crippen LogP) is 2.23. The van der Waals surface area contributed by atoms with E-state index in [1.807, 2.05) is 29.2 Å². The summed E-state index contributed by atoms with van der Waals surface area (Å²) in [5.41, 5.74) is 2.81. The number of aromatic nitrogens is 3. The lowest BCUT2D eigenvalue weighted by Crippen LogP contribution is -2.44.